The van der Waals surface area contributed by atoms with Crippen molar-refractivity contribution in [1.82, 2.24) is 10.8 Å². The first-order valence-electron chi connectivity index (χ1n) is 12.9. The van der Waals surface area contributed by atoms with Gasteiger partial charge >= 0.3 is 5.97 Å². The van der Waals surface area contributed by atoms with E-state index in [0.717, 1.165) is 16.9 Å². The number of esters is 1. The zero-order valence-corrected chi connectivity index (χ0v) is 21.9. The van der Waals surface area contributed by atoms with Crippen LogP contribution in [-0.2, 0) is 37.0 Å². The number of benzene rings is 2. The minimum atomic E-state index is -0.814. The molecule has 2 N–H and O–H groups in total. The highest BCUT2D eigenvalue weighted by Gasteiger charge is 2.36. The minimum Gasteiger partial charge on any atom is -0.494 e. The van der Waals surface area contributed by atoms with E-state index in [9.17, 15) is 14.4 Å². The molecule has 2 aromatic rings. The molecule has 2 bridgehead atoms. The van der Waals surface area contributed by atoms with Crippen molar-refractivity contribution in [3.05, 3.63) is 65.7 Å². The normalized spacial score (nSPS) is 20.8. The largest absolute Gasteiger partial charge is 0.494 e. The summed E-state index contributed by atoms with van der Waals surface area (Å²) in [6.45, 7) is 4.64. The lowest BCUT2D eigenvalue weighted by atomic mass is 9.81. The van der Waals surface area contributed by atoms with E-state index in [1.54, 1.807) is 0 Å². The van der Waals surface area contributed by atoms with Gasteiger partial charge in [-0.15, -0.1) is 0 Å². The van der Waals surface area contributed by atoms with E-state index >= 15 is 0 Å². The summed E-state index contributed by atoms with van der Waals surface area (Å²) >= 11 is 0. The maximum absolute atomic E-state index is 13.6. The van der Waals surface area contributed by atoms with Crippen molar-refractivity contribution in [2.24, 2.45) is 17.8 Å². The smallest absolute Gasteiger partial charge is 0.328 e. The van der Waals surface area contributed by atoms with Crippen molar-refractivity contribution in [3.63, 3.8) is 0 Å². The van der Waals surface area contributed by atoms with Crippen molar-refractivity contribution in [1.29, 1.82) is 0 Å². The van der Waals surface area contributed by atoms with Crippen molar-refractivity contribution >= 4 is 17.8 Å². The number of carbonyl (C=O) groups is 3. The third kappa shape index (κ3) is 8.89. The van der Waals surface area contributed by atoms with E-state index in [1.165, 1.54) is 7.11 Å². The second-order valence-corrected chi connectivity index (χ2v) is 9.84. The molecule has 2 heterocycles. The Bertz CT molecular complexity index is 1010. The van der Waals surface area contributed by atoms with Crippen LogP contribution in [0.4, 0.5) is 0 Å². The number of nitrogens with one attached hydrogen (secondary N) is 2. The van der Waals surface area contributed by atoms with Gasteiger partial charge in [-0.25, -0.2) is 10.3 Å². The molecule has 4 rings (SSSR count). The van der Waals surface area contributed by atoms with Crippen LogP contribution in [0.15, 0.2) is 54.6 Å². The van der Waals surface area contributed by atoms with Gasteiger partial charge in [-0.3, -0.25) is 14.4 Å². The molecule has 200 valence electrons. The molecule has 3 atom stereocenters. The van der Waals surface area contributed by atoms with Crippen LogP contribution in [0.5, 0.6) is 5.75 Å². The van der Waals surface area contributed by atoms with Crippen LogP contribution in [-0.4, -0.2) is 37.5 Å². The summed E-state index contributed by atoms with van der Waals surface area (Å²) in [4.78, 5) is 44.9. The first-order valence-corrected chi connectivity index (χ1v) is 12.9. The number of aryl methyl sites for hydroxylation is 1. The molecule has 8 heteroatoms. The third-order valence-electron chi connectivity index (χ3n) is 6.51. The highest BCUT2D eigenvalue weighted by Crippen LogP contribution is 2.27. The summed E-state index contributed by atoms with van der Waals surface area (Å²) in [7, 11) is 1.31. The van der Waals surface area contributed by atoms with Gasteiger partial charge in [0.25, 0.3) is 0 Å². The first-order chi connectivity index (χ1) is 17.9. The van der Waals surface area contributed by atoms with Crippen molar-refractivity contribution in [3.8, 4) is 5.75 Å². The van der Waals surface area contributed by atoms with Crippen LogP contribution < -0.4 is 15.5 Å². The minimum absolute atomic E-state index is 0.154. The number of amides is 2. The lowest BCUT2D eigenvalue weighted by Gasteiger charge is -2.28. The second kappa shape index (κ2) is 14.4. The summed E-state index contributed by atoms with van der Waals surface area (Å²) in [6.07, 6.45) is 2.43. The Labute approximate surface area is 219 Å². The zero-order valence-electron chi connectivity index (χ0n) is 21.9. The maximum Gasteiger partial charge on any atom is 0.328 e. The van der Waals surface area contributed by atoms with E-state index < -0.39 is 23.8 Å². The predicted molar refractivity (Wildman–Crippen MR) is 139 cm³/mol. The van der Waals surface area contributed by atoms with Gasteiger partial charge in [0.15, 0.2) is 0 Å². The topological polar surface area (TPSA) is 103 Å². The molecular weight excluding hydrogens is 472 g/mol. The molecule has 2 aliphatic heterocycles. The average Bonchev–Trinajstić information content (AvgIpc) is 2.90. The van der Waals surface area contributed by atoms with Crippen LogP contribution in [0.2, 0.25) is 0 Å². The fraction of sp³-hybridized carbons (Fsp3) is 0.483. The van der Waals surface area contributed by atoms with E-state index in [-0.39, 0.29) is 24.3 Å². The SMILES string of the molecule is COC(=O)[C@@H]1CCc2ccc(cc2)OCCC[C@H](C(=O)NOCc2ccccc2)[C@@H](CC(C)C)C(=O)N1. The fourth-order valence-corrected chi connectivity index (χ4v) is 4.54. The Hall–Kier alpha value is -3.39. The molecule has 2 aromatic carbocycles. The third-order valence-corrected chi connectivity index (χ3v) is 6.51. The summed E-state index contributed by atoms with van der Waals surface area (Å²) in [6, 6.07) is 16.4. The number of methoxy groups -OCH3 is 1. The predicted octanol–water partition coefficient (Wildman–Crippen LogP) is 3.98. The van der Waals surface area contributed by atoms with E-state index in [0.29, 0.717) is 38.7 Å². The van der Waals surface area contributed by atoms with Crippen LogP contribution in [0.25, 0.3) is 0 Å². The monoisotopic (exact) mass is 510 g/mol. The number of fused-ring (bicyclic) bond motifs is 12. The van der Waals surface area contributed by atoms with Crippen LogP contribution >= 0.6 is 0 Å². The van der Waals surface area contributed by atoms with Crippen molar-refractivity contribution < 1.29 is 28.7 Å². The Morgan fingerprint density at radius 3 is 2.49 bits per heavy atom. The highest BCUT2D eigenvalue weighted by molar-refractivity contribution is 5.90. The number of rotatable bonds is 7. The zero-order chi connectivity index (χ0) is 26.6. The van der Waals surface area contributed by atoms with Crippen LogP contribution in [0.3, 0.4) is 0 Å². The molecule has 0 unspecified atom stereocenters. The summed E-state index contributed by atoms with van der Waals surface area (Å²) < 4.78 is 10.9. The molecule has 0 spiro atoms. The number of hydrogen-bond acceptors (Lipinski definition) is 6. The van der Waals surface area contributed by atoms with Gasteiger partial charge in [-0.2, -0.15) is 0 Å². The van der Waals surface area contributed by atoms with Gasteiger partial charge in [0.05, 0.1) is 26.2 Å². The molecule has 0 aromatic heterocycles. The lowest BCUT2D eigenvalue weighted by molar-refractivity contribution is -0.148. The molecule has 0 saturated carbocycles. The molecule has 0 saturated heterocycles. The van der Waals surface area contributed by atoms with E-state index in [1.807, 2.05) is 68.4 Å². The summed E-state index contributed by atoms with van der Waals surface area (Å²) in [5.74, 6) is -1.62. The highest BCUT2D eigenvalue weighted by atomic mass is 16.6. The van der Waals surface area contributed by atoms with Crippen LogP contribution in [0.1, 0.15) is 50.7 Å². The molecule has 37 heavy (non-hydrogen) atoms. The fourth-order valence-electron chi connectivity index (χ4n) is 4.54. The number of ether oxygens (including phenoxy) is 2. The van der Waals surface area contributed by atoms with E-state index in [2.05, 4.69) is 10.8 Å². The summed E-state index contributed by atoms with van der Waals surface area (Å²) in [5.41, 5.74) is 4.50. The molecule has 0 radical (unpaired) electrons. The molecule has 0 aliphatic carbocycles. The number of carbonyl (C=O) groups excluding carboxylic acids is 3. The molecule has 2 aliphatic rings. The second-order valence-electron chi connectivity index (χ2n) is 9.84. The molecule has 8 nitrogen and oxygen atoms in total. The first kappa shape index (κ1) is 28.2. The van der Waals surface area contributed by atoms with Crippen molar-refractivity contribution in [2.45, 2.75) is 58.6 Å². The number of hydrogen-bond donors (Lipinski definition) is 2. The Balaban J connectivity index is 1.81. The quantitative estimate of drug-likeness (QED) is 0.432. The maximum atomic E-state index is 13.6. The Kier molecular flexibility index (Phi) is 11.0. The Morgan fingerprint density at radius 1 is 1.08 bits per heavy atom. The van der Waals surface area contributed by atoms with Crippen LogP contribution in [0, 0.1) is 17.8 Å². The summed E-state index contributed by atoms with van der Waals surface area (Å²) in [5, 5.41) is 2.88. The Morgan fingerprint density at radius 2 is 1.81 bits per heavy atom. The van der Waals surface area contributed by atoms with Crippen molar-refractivity contribution in [2.75, 3.05) is 13.7 Å². The van der Waals surface area contributed by atoms with Gasteiger partial charge in [-0.05, 0) is 61.3 Å². The standard InChI is InChI=1S/C29H38N2O6/c1-20(2)18-25-24(28(33)31-37-19-22-8-5-4-6-9-22)10-7-17-36-23-14-11-21(12-15-23)13-16-26(29(34)35-3)30-27(25)32/h4-6,8-9,11-12,14-15,20,24-26H,7,10,13,16-19H2,1-3H3,(H,30,32)(H,31,33)/t24-,25+,26-/m0/s1. The van der Waals surface area contributed by atoms with Gasteiger partial charge in [0.2, 0.25) is 11.8 Å². The van der Waals surface area contributed by atoms with Gasteiger partial charge < -0.3 is 14.8 Å². The molecule has 2 amide bonds. The number of hydroxylamine groups is 1. The molecular formula is C29H38N2O6. The van der Waals surface area contributed by atoms with Gasteiger partial charge in [-0.1, -0.05) is 56.3 Å². The van der Waals surface area contributed by atoms with Gasteiger partial charge in [0.1, 0.15) is 11.8 Å². The van der Waals surface area contributed by atoms with E-state index in [4.69, 9.17) is 14.3 Å². The van der Waals surface area contributed by atoms with Gasteiger partial charge in [0, 0.05) is 5.92 Å². The lowest BCUT2D eigenvalue weighted by Crippen LogP contribution is -2.48. The average molecular weight is 511 g/mol. The molecule has 0 fully saturated rings.